The molecule has 0 saturated carbocycles. The number of pyridine rings is 1. The second-order valence-corrected chi connectivity index (χ2v) is 5.12. The monoisotopic (exact) mass is 327 g/mol. The molecule has 0 aliphatic rings. The van der Waals surface area contributed by atoms with Crippen LogP contribution in [0.4, 0.5) is 17.2 Å². The maximum Gasteiger partial charge on any atom is 0.340 e. The van der Waals surface area contributed by atoms with Crippen molar-refractivity contribution in [1.29, 1.82) is 0 Å². The Hall–Kier alpha value is -2.89. The molecule has 126 valence electrons. The number of amides is 1. The van der Waals surface area contributed by atoms with Crippen LogP contribution in [0.25, 0.3) is 0 Å². The summed E-state index contributed by atoms with van der Waals surface area (Å²) in [7, 11) is 0. The van der Waals surface area contributed by atoms with E-state index in [1.165, 1.54) is 0 Å². The van der Waals surface area contributed by atoms with E-state index >= 15 is 0 Å². The topological polar surface area (TPSA) is 80.3 Å². The van der Waals surface area contributed by atoms with E-state index in [4.69, 9.17) is 4.74 Å². The molecule has 2 rings (SSSR count). The van der Waals surface area contributed by atoms with Gasteiger partial charge < -0.3 is 15.4 Å². The highest BCUT2D eigenvalue weighted by molar-refractivity contribution is 5.96. The van der Waals surface area contributed by atoms with E-state index in [9.17, 15) is 9.59 Å². The van der Waals surface area contributed by atoms with Crippen molar-refractivity contribution in [3.05, 3.63) is 48.2 Å². The van der Waals surface area contributed by atoms with Gasteiger partial charge in [-0.2, -0.15) is 0 Å². The van der Waals surface area contributed by atoms with Crippen LogP contribution < -0.4 is 10.6 Å². The van der Waals surface area contributed by atoms with Crippen molar-refractivity contribution in [2.24, 2.45) is 0 Å². The van der Waals surface area contributed by atoms with Crippen molar-refractivity contribution >= 4 is 29.1 Å². The average molecular weight is 327 g/mol. The van der Waals surface area contributed by atoms with E-state index in [-0.39, 0.29) is 11.9 Å². The van der Waals surface area contributed by atoms with Gasteiger partial charge >= 0.3 is 5.97 Å². The summed E-state index contributed by atoms with van der Waals surface area (Å²) >= 11 is 0. The lowest BCUT2D eigenvalue weighted by Crippen LogP contribution is -2.11. The zero-order valence-electron chi connectivity index (χ0n) is 13.8. The quantitative estimate of drug-likeness (QED) is 0.757. The van der Waals surface area contributed by atoms with Crippen LogP contribution in [0.1, 0.15) is 37.0 Å². The third kappa shape index (κ3) is 4.81. The van der Waals surface area contributed by atoms with Crippen LogP contribution in [0.2, 0.25) is 0 Å². The van der Waals surface area contributed by atoms with Gasteiger partial charge in [0, 0.05) is 6.42 Å². The Morgan fingerprint density at radius 2 is 1.92 bits per heavy atom. The molecule has 0 bridgehead atoms. The molecule has 1 amide bonds. The van der Waals surface area contributed by atoms with Crippen LogP contribution in [0.15, 0.2) is 42.6 Å². The fourth-order valence-electron chi connectivity index (χ4n) is 2.11. The lowest BCUT2D eigenvalue weighted by molar-refractivity contribution is -0.116. The molecule has 2 N–H and O–H groups in total. The van der Waals surface area contributed by atoms with Gasteiger partial charge in [-0.3, -0.25) is 4.79 Å². The van der Waals surface area contributed by atoms with Crippen molar-refractivity contribution in [2.45, 2.75) is 26.7 Å². The average Bonchev–Trinajstić information content (AvgIpc) is 2.57. The van der Waals surface area contributed by atoms with Crippen molar-refractivity contribution in [3.8, 4) is 0 Å². The molecule has 0 radical (unpaired) electrons. The Bertz CT molecular complexity index is 699. The van der Waals surface area contributed by atoms with Gasteiger partial charge in [0.25, 0.3) is 0 Å². The van der Waals surface area contributed by atoms with Crippen molar-refractivity contribution in [1.82, 2.24) is 4.98 Å². The predicted molar refractivity (Wildman–Crippen MR) is 93.5 cm³/mol. The SMILES string of the molecule is CCCC(=O)Nc1ccc(Nc2ccccc2C(=O)OCC)nc1. The summed E-state index contributed by atoms with van der Waals surface area (Å²) in [6, 6.07) is 10.6. The van der Waals surface area contributed by atoms with Crippen LogP contribution in [0, 0.1) is 0 Å². The first-order chi connectivity index (χ1) is 11.6. The van der Waals surface area contributed by atoms with Gasteiger partial charge in [-0.05, 0) is 37.6 Å². The van der Waals surface area contributed by atoms with Gasteiger partial charge in [0.1, 0.15) is 5.82 Å². The number of aromatic nitrogens is 1. The lowest BCUT2D eigenvalue weighted by atomic mass is 10.2. The summed E-state index contributed by atoms with van der Waals surface area (Å²) in [6.45, 7) is 4.03. The van der Waals surface area contributed by atoms with Crippen LogP contribution in [-0.2, 0) is 9.53 Å². The standard InChI is InChI=1S/C18H21N3O3/c1-3-7-17(22)20-13-10-11-16(19-12-13)21-15-9-6-5-8-14(15)18(23)24-4-2/h5-6,8-12H,3-4,7H2,1-2H3,(H,19,21)(H,20,22). The van der Waals surface area contributed by atoms with E-state index in [0.717, 1.165) is 6.42 Å². The molecule has 0 fully saturated rings. The first-order valence-corrected chi connectivity index (χ1v) is 7.93. The highest BCUT2D eigenvalue weighted by Gasteiger charge is 2.12. The minimum atomic E-state index is -0.385. The molecule has 0 spiro atoms. The Labute approximate surface area is 141 Å². The summed E-state index contributed by atoms with van der Waals surface area (Å²) in [6.07, 6.45) is 2.85. The molecule has 6 nitrogen and oxygen atoms in total. The fraction of sp³-hybridized carbons (Fsp3) is 0.278. The number of nitrogens with one attached hydrogen (secondary N) is 2. The molecule has 24 heavy (non-hydrogen) atoms. The number of carbonyl (C=O) groups is 2. The van der Waals surface area contributed by atoms with Crippen LogP contribution in [0.3, 0.4) is 0 Å². The third-order valence-corrected chi connectivity index (χ3v) is 3.21. The number of anilines is 3. The van der Waals surface area contributed by atoms with Crippen molar-refractivity contribution in [3.63, 3.8) is 0 Å². The van der Waals surface area contributed by atoms with Crippen LogP contribution >= 0.6 is 0 Å². The number of rotatable bonds is 7. The van der Waals surface area contributed by atoms with Crippen LogP contribution in [0.5, 0.6) is 0 Å². The fourth-order valence-corrected chi connectivity index (χ4v) is 2.11. The van der Waals surface area contributed by atoms with Crippen LogP contribution in [-0.4, -0.2) is 23.5 Å². The second-order valence-electron chi connectivity index (χ2n) is 5.12. The van der Waals surface area contributed by atoms with E-state index < -0.39 is 0 Å². The number of benzene rings is 1. The normalized spacial score (nSPS) is 10.1. The highest BCUT2D eigenvalue weighted by Crippen LogP contribution is 2.21. The van der Waals surface area contributed by atoms with E-state index in [1.54, 1.807) is 43.5 Å². The minimum Gasteiger partial charge on any atom is -0.462 e. The molecule has 1 aromatic heterocycles. The molecule has 2 aromatic rings. The number of ether oxygens (including phenoxy) is 1. The van der Waals surface area contributed by atoms with Gasteiger partial charge in [0.05, 0.1) is 29.7 Å². The predicted octanol–water partition coefficient (Wildman–Crippen LogP) is 3.74. The molecule has 6 heteroatoms. The lowest BCUT2D eigenvalue weighted by Gasteiger charge is -2.11. The minimum absolute atomic E-state index is 0.0346. The van der Waals surface area contributed by atoms with Gasteiger partial charge in [-0.25, -0.2) is 9.78 Å². The van der Waals surface area contributed by atoms with Gasteiger partial charge in [-0.1, -0.05) is 19.1 Å². The first-order valence-electron chi connectivity index (χ1n) is 7.93. The van der Waals surface area contributed by atoms with Gasteiger partial charge in [-0.15, -0.1) is 0 Å². The second kappa shape index (κ2) is 8.67. The number of carbonyl (C=O) groups excluding carboxylic acids is 2. The maximum atomic E-state index is 12.0. The Morgan fingerprint density at radius 3 is 2.58 bits per heavy atom. The number of hydrogen-bond acceptors (Lipinski definition) is 5. The summed E-state index contributed by atoms with van der Waals surface area (Å²) in [5, 5.41) is 5.87. The molecule has 0 unspecified atom stereocenters. The molecule has 1 aromatic carbocycles. The zero-order valence-corrected chi connectivity index (χ0v) is 13.8. The summed E-state index contributed by atoms with van der Waals surface area (Å²) in [5.41, 5.74) is 1.70. The Kier molecular flexibility index (Phi) is 6.31. The zero-order chi connectivity index (χ0) is 17.4. The number of nitrogens with zero attached hydrogens (tertiary/aromatic N) is 1. The summed E-state index contributed by atoms with van der Waals surface area (Å²) < 4.78 is 5.05. The highest BCUT2D eigenvalue weighted by atomic mass is 16.5. The molecule has 0 atom stereocenters. The maximum absolute atomic E-state index is 12.0. The summed E-state index contributed by atoms with van der Waals surface area (Å²) in [4.78, 5) is 27.8. The molecular formula is C18H21N3O3. The van der Waals surface area contributed by atoms with E-state index in [1.807, 2.05) is 13.0 Å². The largest absolute Gasteiger partial charge is 0.462 e. The number of hydrogen-bond donors (Lipinski definition) is 2. The van der Waals surface area contributed by atoms with Crippen molar-refractivity contribution in [2.75, 3.05) is 17.2 Å². The first kappa shape index (κ1) is 17.5. The van der Waals surface area contributed by atoms with Gasteiger partial charge in [0.2, 0.25) is 5.91 Å². The summed E-state index contributed by atoms with van der Waals surface area (Å²) in [5.74, 6) is 0.150. The molecular weight excluding hydrogens is 306 g/mol. The number of para-hydroxylation sites is 1. The molecule has 0 saturated heterocycles. The Morgan fingerprint density at radius 1 is 1.12 bits per heavy atom. The molecule has 0 aliphatic carbocycles. The smallest absolute Gasteiger partial charge is 0.340 e. The van der Waals surface area contributed by atoms with Gasteiger partial charge in [0.15, 0.2) is 0 Å². The molecule has 0 aliphatic heterocycles. The Balaban J connectivity index is 2.09. The molecule has 1 heterocycles. The van der Waals surface area contributed by atoms with E-state index in [2.05, 4.69) is 15.6 Å². The van der Waals surface area contributed by atoms with E-state index in [0.29, 0.717) is 35.8 Å². The third-order valence-electron chi connectivity index (χ3n) is 3.21. The number of esters is 1. The van der Waals surface area contributed by atoms with Crippen molar-refractivity contribution < 1.29 is 14.3 Å².